The van der Waals surface area contributed by atoms with Crippen molar-refractivity contribution in [3.8, 4) is 0 Å². The van der Waals surface area contributed by atoms with Crippen LogP contribution in [-0.4, -0.2) is 6.04 Å². The molecule has 0 bridgehead atoms. The molecule has 1 aromatic rings. The number of nitrogens with two attached hydrogens (primary N) is 1. The van der Waals surface area contributed by atoms with Crippen LogP contribution in [0.5, 0.6) is 0 Å². The largest absolute Gasteiger partial charge is 0.271 e. The number of aryl methyl sites for hydroxylation is 1. The van der Waals surface area contributed by atoms with Crippen LogP contribution in [0.2, 0.25) is 0 Å². The zero-order valence-electron chi connectivity index (χ0n) is 10.1. The van der Waals surface area contributed by atoms with E-state index in [0.29, 0.717) is 12.0 Å². The van der Waals surface area contributed by atoms with E-state index in [1.807, 2.05) is 0 Å². The minimum absolute atomic E-state index is 0.485. The van der Waals surface area contributed by atoms with Crippen LogP contribution in [0.25, 0.3) is 0 Å². The summed E-state index contributed by atoms with van der Waals surface area (Å²) in [6.45, 7) is 2.22. The summed E-state index contributed by atoms with van der Waals surface area (Å²) in [5, 5.41) is 0. The molecule has 0 saturated carbocycles. The van der Waals surface area contributed by atoms with Gasteiger partial charge in [0.05, 0.1) is 0 Å². The summed E-state index contributed by atoms with van der Waals surface area (Å²) in [4.78, 5) is 0. The van der Waals surface area contributed by atoms with Gasteiger partial charge < -0.3 is 0 Å². The van der Waals surface area contributed by atoms with Gasteiger partial charge in [0.25, 0.3) is 0 Å². The highest BCUT2D eigenvalue weighted by Gasteiger charge is 2.24. The van der Waals surface area contributed by atoms with Crippen molar-refractivity contribution in [3.63, 3.8) is 0 Å². The molecule has 3 N–H and O–H groups in total. The Bertz CT molecular complexity index is 335. The first kappa shape index (κ1) is 11.6. The van der Waals surface area contributed by atoms with E-state index in [0.717, 1.165) is 0 Å². The van der Waals surface area contributed by atoms with Crippen LogP contribution in [-0.2, 0) is 12.8 Å². The smallest absolute Gasteiger partial charge is 0.0241 e. The molecule has 0 amide bonds. The van der Waals surface area contributed by atoms with Crippen LogP contribution in [0, 0.1) is 5.92 Å². The van der Waals surface area contributed by atoms with Gasteiger partial charge in [-0.1, -0.05) is 37.6 Å². The van der Waals surface area contributed by atoms with Crippen molar-refractivity contribution in [2.45, 2.75) is 45.1 Å². The number of hydrogen-bond acceptors (Lipinski definition) is 2. The topological polar surface area (TPSA) is 38.0 Å². The predicted octanol–water partition coefficient (Wildman–Crippen LogP) is 2.42. The summed E-state index contributed by atoms with van der Waals surface area (Å²) < 4.78 is 0. The lowest BCUT2D eigenvalue weighted by molar-refractivity contribution is 0.306. The molecule has 0 fully saturated rings. The molecule has 2 heteroatoms. The summed E-state index contributed by atoms with van der Waals surface area (Å²) in [5.41, 5.74) is 6.06. The van der Waals surface area contributed by atoms with Gasteiger partial charge in [0.1, 0.15) is 0 Å². The highest BCUT2D eigenvalue weighted by Crippen LogP contribution is 2.28. The van der Waals surface area contributed by atoms with Crippen LogP contribution in [0.1, 0.15) is 37.3 Å². The Labute approximate surface area is 98.2 Å². The monoisotopic (exact) mass is 218 g/mol. The Kier molecular flexibility index (Phi) is 3.97. The lowest BCUT2D eigenvalue weighted by atomic mass is 9.79. The zero-order valence-corrected chi connectivity index (χ0v) is 10.1. The molecule has 0 radical (unpaired) electrons. The maximum absolute atomic E-state index is 5.66. The molecule has 0 heterocycles. The fraction of sp³-hybridized carbons (Fsp3) is 0.571. The third-order valence-corrected chi connectivity index (χ3v) is 3.77. The van der Waals surface area contributed by atoms with Crippen molar-refractivity contribution in [2.24, 2.45) is 11.8 Å². The van der Waals surface area contributed by atoms with Gasteiger partial charge in [-0.05, 0) is 42.7 Å². The van der Waals surface area contributed by atoms with Crippen molar-refractivity contribution in [2.75, 3.05) is 0 Å². The number of hydrazine groups is 1. The second-order valence-electron chi connectivity index (χ2n) is 4.83. The van der Waals surface area contributed by atoms with E-state index in [2.05, 4.69) is 36.6 Å². The molecule has 16 heavy (non-hydrogen) atoms. The Hall–Kier alpha value is -0.860. The third kappa shape index (κ3) is 2.45. The maximum Gasteiger partial charge on any atom is 0.0241 e. The van der Waals surface area contributed by atoms with E-state index >= 15 is 0 Å². The van der Waals surface area contributed by atoms with E-state index in [1.54, 1.807) is 0 Å². The van der Waals surface area contributed by atoms with Gasteiger partial charge in [0, 0.05) is 6.04 Å². The highest BCUT2D eigenvalue weighted by atomic mass is 15.2. The fourth-order valence-electron chi connectivity index (χ4n) is 2.84. The standard InChI is InChI=1S/C14H22N2/c1-2-5-14(16-15)13-9-8-11-6-3-4-7-12(11)10-13/h3-4,6-7,13-14,16H,2,5,8-10,15H2,1H3. The van der Waals surface area contributed by atoms with Crippen LogP contribution in [0.4, 0.5) is 0 Å². The highest BCUT2D eigenvalue weighted by molar-refractivity contribution is 5.29. The molecule has 0 saturated heterocycles. The first-order chi connectivity index (χ1) is 7.85. The molecule has 0 aliphatic heterocycles. The maximum atomic E-state index is 5.66. The Morgan fingerprint density at radius 2 is 2.12 bits per heavy atom. The molecule has 2 nitrogen and oxygen atoms in total. The average molecular weight is 218 g/mol. The molecule has 0 aromatic heterocycles. The van der Waals surface area contributed by atoms with Crippen LogP contribution in [0.3, 0.4) is 0 Å². The number of rotatable bonds is 4. The molecule has 88 valence electrons. The lowest BCUT2D eigenvalue weighted by Gasteiger charge is -2.31. The minimum atomic E-state index is 0.485. The normalized spacial score (nSPS) is 21.5. The summed E-state index contributed by atoms with van der Waals surface area (Å²) in [5.74, 6) is 6.37. The van der Waals surface area contributed by atoms with Crippen molar-refractivity contribution in [1.29, 1.82) is 0 Å². The Morgan fingerprint density at radius 3 is 2.81 bits per heavy atom. The van der Waals surface area contributed by atoms with Crippen molar-refractivity contribution in [3.05, 3.63) is 35.4 Å². The van der Waals surface area contributed by atoms with Crippen LogP contribution >= 0.6 is 0 Å². The molecule has 1 aromatic carbocycles. The van der Waals surface area contributed by atoms with E-state index < -0.39 is 0 Å². The molecule has 2 unspecified atom stereocenters. The summed E-state index contributed by atoms with van der Waals surface area (Å²) in [6, 6.07) is 9.30. The second-order valence-corrected chi connectivity index (χ2v) is 4.83. The molecule has 1 aliphatic rings. The van der Waals surface area contributed by atoms with E-state index in [-0.39, 0.29) is 0 Å². The minimum Gasteiger partial charge on any atom is -0.271 e. The van der Waals surface area contributed by atoms with E-state index in [1.165, 1.54) is 43.2 Å². The first-order valence-electron chi connectivity index (χ1n) is 6.38. The van der Waals surface area contributed by atoms with Gasteiger partial charge in [0.2, 0.25) is 0 Å². The molecule has 2 rings (SSSR count). The average Bonchev–Trinajstić information content (AvgIpc) is 2.35. The summed E-state index contributed by atoms with van der Waals surface area (Å²) in [6.07, 6.45) is 6.05. The van der Waals surface area contributed by atoms with Gasteiger partial charge in [-0.3, -0.25) is 11.3 Å². The molecular formula is C14H22N2. The number of hydrogen-bond donors (Lipinski definition) is 2. The van der Waals surface area contributed by atoms with Gasteiger partial charge >= 0.3 is 0 Å². The molecular weight excluding hydrogens is 196 g/mol. The van der Waals surface area contributed by atoms with Gasteiger partial charge in [-0.25, -0.2) is 0 Å². The third-order valence-electron chi connectivity index (χ3n) is 3.77. The molecule has 1 aliphatic carbocycles. The van der Waals surface area contributed by atoms with Gasteiger partial charge in [0.15, 0.2) is 0 Å². The number of fused-ring (bicyclic) bond motifs is 1. The predicted molar refractivity (Wildman–Crippen MR) is 68.0 cm³/mol. The lowest BCUT2D eigenvalue weighted by Crippen LogP contribution is -2.42. The Morgan fingerprint density at radius 1 is 1.38 bits per heavy atom. The fourth-order valence-corrected chi connectivity index (χ4v) is 2.84. The van der Waals surface area contributed by atoms with Gasteiger partial charge in [-0.2, -0.15) is 0 Å². The first-order valence-corrected chi connectivity index (χ1v) is 6.38. The second kappa shape index (κ2) is 5.46. The van der Waals surface area contributed by atoms with E-state index in [4.69, 9.17) is 5.84 Å². The zero-order chi connectivity index (χ0) is 11.4. The quantitative estimate of drug-likeness (QED) is 0.601. The van der Waals surface area contributed by atoms with Crippen molar-refractivity contribution < 1.29 is 0 Å². The van der Waals surface area contributed by atoms with E-state index in [9.17, 15) is 0 Å². The molecule has 0 spiro atoms. The summed E-state index contributed by atoms with van der Waals surface area (Å²) >= 11 is 0. The SMILES string of the molecule is CCCC(NN)C1CCc2ccccc2C1. The van der Waals surface area contributed by atoms with Crippen LogP contribution < -0.4 is 11.3 Å². The summed E-state index contributed by atoms with van der Waals surface area (Å²) in [7, 11) is 0. The van der Waals surface area contributed by atoms with Gasteiger partial charge in [-0.15, -0.1) is 0 Å². The Balaban J connectivity index is 2.06. The van der Waals surface area contributed by atoms with Crippen molar-refractivity contribution >= 4 is 0 Å². The van der Waals surface area contributed by atoms with Crippen LogP contribution in [0.15, 0.2) is 24.3 Å². The number of benzene rings is 1. The molecule has 2 atom stereocenters. The number of nitrogens with one attached hydrogen (secondary N) is 1. The van der Waals surface area contributed by atoms with Crippen molar-refractivity contribution in [1.82, 2.24) is 5.43 Å².